The third-order valence-corrected chi connectivity index (χ3v) is 2.67. The van der Waals surface area contributed by atoms with E-state index < -0.39 is 10.0 Å². The van der Waals surface area contributed by atoms with Crippen LogP contribution in [0.2, 0.25) is 0 Å². The summed E-state index contributed by atoms with van der Waals surface area (Å²) in [5.74, 6) is 0. The van der Waals surface area contributed by atoms with Crippen LogP contribution in [0.4, 0.5) is 4.39 Å². The first-order valence-corrected chi connectivity index (χ1v) is 3.63. The van der Waals surface area contributed by atoms with Gasteiger partial charge in [0.05, 0.1) is 0 Å². The normalized spacial score (nSPS) is 14.0. The van der Waals surface area contributed by atoms with Crippen LogP contribution in [0.25, 0.3) is 0 Å². The second-order valence-corrected chi connectivity index (χ2v) is 3.97. The minimum atomic E-state index is -2.11. The fourth-order valence-corrected chi connectivity index (χ4v) is 0.468. The fourth-order valence-electron chi connectivity index (χ4n) is 0.200. The lowest BCUT2D eigenvalue weighted by Gasteiger charge is -2.28. The third-order valence-electron chi connectivity index (χ3n) is 1.65. The second kappa shape index (κ2) is 2.63. The number of alkyl halides is 3. The van der Waals surface area contributed by atoms with Gasteiger partial charge in [-0.3, -0.25) is 0 Å². The van der Waals surface area contributed by atoms with E-state index >= 15 is 0 Å². The molecule has 0 bridgehead atoms. The summed E-state index contributed by atoms with van der Waals surface area (Å²) >= 11 is 10.4. The number of hydrogen-bond acceptors (Lipinski definition) is 0. The van der Waals surface area contributed by atoms with Crippen LogP contribution < -0.4 is 0 Å². The van der Waals surface area contributed by atoms with E-state index in [0.717, 1.165) is 0 Å². The van der Waals surface area contributed by atoms with Gasteiger partial charge in [0.2, 0.25) is 0 Å². The van der Waals surface area contributed by atoms with E-state index in [2.05, 4.69) is 0 Å². The molecule has 9 heavy (non-hydrogen) atoms. The Morgan fingerprint density at radius 3 is 1.67 bits per heavy atom. The van der Waals surface area contributed by atoms with Crippen molar-refractivity contribution >= 4 is 23.2 Å². The summed E-state index contributed by atoms with van der Waals surface area (Å²) in [5, 5.41) is 0. The molecular formula is C6H11Cl2F. The molecule has 0 aliphatic rings. The zero-order chi connectivity index (χ0) is 7.71. The summed E-state index contributed by atoms with van der Waals surface area (Å²) < 4.78 is 10.6. The van der Waals surface area contributed by atoms with Gasteiger partial charge in [-0.25, -0.2) is 4.39 Å². The summed E-state index contributed by atoms with van der Waals surface area (Å²) in [4.78, 5) is 0. The van der Waals surface area contributed by atoms with Crippen molar-refractivity contribution in [3.63, 3.8) is 0 Å². The molecule has 0 heterocycles. The molecule has 0 spiro atoms. The van der Waals surface area contributed by atoms with Gasteiger partial charge < -0.3 is 0 Å². The molecule has 0 aromatic rings. The molecule has 0 atom stereocenters. The largest absolute Gasteiger partial charge is 0.262 e. The highest BCUT2D eigenvalue weighted by Crippen LogP contribution is 2.43. The van der Waals surface area contributed by atoms with Crippen molar-refractivity contribution in [2.75, 3.05) is 0 Å². The highest BCUT2D eigenvalue weighted by atomic mass is 35.5. The molecule has 0 saturated carbocycles. The van der Waals surface area contributed by atoms with Gasteiger partial charge in [-0.1, -0.05) is 44.0 Å². The first kappa shape index (κ1) is 9.51. The van der Waals surface area contributed by atoms with Gasteiger partial charge in [0.25, 0.3) is 4.59 Å². The molecule has 0 aliphatic heterocycles. The highest BCUT2D eigenvalue weighted by molar-refractivity contribution is 6.47. The zero-order valence-electron chi connectivity index (χ0n) is 5.84. The van der Waals surface area contributed by atoms with E-state index in [9.17, 15) is 4.39 Å². The minimum Gasteiger partial charge on any atom is -0.208 e. The number of hydrogen-bond donors (Lipinski definition) is 0. The molecular weight excluding hydrogens is 162 g/mol. The Hall–Kier alpha value is 0.510. The molecule has 0 aliphatic carbocycles. The van der Waals surface area contributed by atoms with Crippen molar-refractivity contribution in [3.05, 3.63) is 0 Å². The molecule has 0 saturated heterocycles. The van der Waals surface area contributed by atoms with Crippen LogP contribution in [0.15, 0.2) is 0 Å². The molecule has 0 fully saturated rings. The lowest BCUT2D eigenvalue weighted by Crippen LogP contribution is -2.28. The third kappa shape index (κ3) is 2.30. The van der Waals surface area contributed by atoms with Crippen molar-refractivity contribution < 1.29 is 4.39 Å². The topological polar surface area (TPSA) is 0 Å². The van der Waals surface area contributed by atoms with E-state index in [1.807, 2.05) is 6.92 Å². The van der Waals surface area contributed by atoms with Crippen LogP contribution in [0.1, 0.15) is 27.2 Å². The van der Waals surface area contributed by atoms with Gasteiger partial charge in [-0.05, 0) is 6.42 Å². The fraction of sp³-hybridized carbons (Fsp3) is 1.00. The van der Waals surface area contributed by atoms with Gasteiger partial charge in [0.1, 0.15) is 0 Å². The van der Waals surface area contributed by atoms with Crippen molar-refractivity contribution in [2.45, 2.75) is 31.8 Å². The molecule has 0 aromatic heterocycles. The molecule has 3 heteroatoms. The monoisotopic (exact) mass is 172 g/mol. The van der Waals surface area contributed by atoms with Gasteiger partial charge in [-0.2, -0.15) is 0 Å². The molecule has 0 rings (SSSR count). The Bertz CT molecular complexity index is 93.7. The maximum absolute atomic E-state index is 12.7. The summed E-state index contributed by atoms with van der Waals surface area (Å²) in [5.41, 5.74) is -0.657. The lowest BCUT2D eigenvalue weighted by atomic mass is 9.92. The summed E-state index contributed by atoms with van der Waals surface area (Å²) in [6.07, 6.45) is 0.622. The van der Waals surface area contributed by atoms with Crippen molar-refractivity contribution in [3.8, 4) is 0 Å². The second-order valence-electron chi connectivity index (χ2n) is 2.74. The number of rotatable bonds is 2. The molecule has 56 valence electrons. The Balaban J connectivity index is 4.14. The minimum absolute atomic E-state index is 0.622. The summed E-state index contributed by atoms with van der Waals surface area (Å²) in [6, 6.07) is 0. The average Bonchev–Trinajstić information content (AvgIpc) is 1.64. The van der Waals surface area contributed by atoms with E-state index in [0.29, 0.717) is 6.42 Å². The molecule has 0 unspecified atom stereocenters. The number of halogens is 3. The van der Waals surface area contributed by atoms with E-state index in [1.165, 1.54) is 0 Å². The van der Waals surface area contributed by atoms with Gasteiger partial charge >= 0.3 is 0 Å². The molecule has 0 amide bonds. The first-order chi connectivity index (χ1) is 3.81. The molecule has 0 aromatic carbocycles. The standard InChI is InChI=1S/C6H11Cl2F/c1-4-5(2,3)6(7,8)9/h4H2,1-3H3. The molecule has 0 nitrogen and oxygen atoms in total. The van der Waals surface area contributed by atoms with Crippen LogP contribution in [-0.4, -0.2) is 4.59 Å². The Morgan fingerprint density at radius 2 is 1.67 bits per heavy atom. The SMILES string of the molecule is CCC(C)(C)C(F)(Cl)Cl. The maximum Gasteiger partial charge on any atom is 0.262 e. The van der Waals surface area contributed by atoms with Gasteiger partial charge in [0, 0.05) is 5.41 Å². The smallest absolute Gasteiger partial charge is 0.208 e. The van der Waals surface area contributed by atoms with E-state index in [4.69, 9.17) is 23.2 Å². The van der Waals surface area contributed by atoms with Crippen LogP contribution >= 0.6 is 23.2 Å². The Kier molecular flexibility index (Phi) is 2.78. The average molecular weight is 173 g/mol. The van der Waals surface area contributed by atoms with Crippen molar-refractivity contribution in [1.82, 2.24) is 0 Å². The van der Waals surface area contributed by atoms with Crippen LogP contribution in [0.3, 0.4) is 0 Å². The highest BCUT2D eigenvalue weighted by Gasteiger charge is 2.40. The van der Waals surface area contributed by atoms with E-state index in [-0.39, 0.29) is 0 Å². The molecule has 0 N–H and O–H groups in total. The van der Waals surface area contributed by atoms with E-state index in [1.54, 1.807) is 13.8 Å². The Labute approximate surface area is 65.3 Å². The maximum atomic E-state index is 12.7. The quantitative estimate of drug-likeness (QED) is 0.560. The summed E-state index contributed by atoms with van der Waals surface area (Å²) in [7, 11) is 0. The van der Waals surface area contributed by atoms with Gasteiger partial charge in [-0.15, -0.1) is 0 Å². The zero-order valence-corrected chi connectivity index (χ0v) is 7.35. The van der Waals surface area contributed by atoms with Crippen LogP contribution in [-0.2, 0) is 0 Å². The summed E-state index contributed by atoms with van der Waals surface area (Å²) in [6.45, 7) is 5.22. The van der Waals surface area contributed by atoms with Crippen molar-refractivity contribution in [2.24, 2.45) is 5.41 Å². The first-order valence-electron chi connectivity index (χ1n) is 2.88. The predicted octanol–water partition coefficient (Wildman–Crippen LogP) is 3.52. The van der Waals surface area contributed by atoms with Gasteiger partial charge in [0.15, 0.2) is 0 Å². The Morgan fingerprint density at radius 1 is 1.33 bits per heavy atom. The van der Waals surface area contributed by atoms with Crippen LogP contribution in [0.5, 0.6) is 0 Å². The molecule has 0 radical (unpaired) electrons. The predicted molar refractivity (Wildman–Crippen MR) is 39.6 cm³/mol. The lowest BCUT2D eigenvalue weighted by molar-refractivity contribution is 0.173. The van der Waals surface area contributed by atoms with Crippen LogP contribution in [0, 0.1) is 5.41 Å². The van der Waals surface area contributed by atoms with Crippen molar-refractivity contribution in [1.29, 1.82) is 0 Å².